The summed E-state index contributed by atoms with van der Waals surface area (Å²) in [6.07, 6.45) is -0.737. The lowest BCUT2D eigenvalue weighted by atomic mass is 9.81. The van der Waals surface area contributed by atoms with E-state index in [1.54, 1.807) is 24.3 Å². The number of phenols is 1. The van der Waals surface area contributed by atoms with Crippen molar-refractivity contribution in [2.45, 2.75) is 17.8 Å². The molecule has 0 saturated carbocycles. The van der Waals surface area contributed by atoms with Gasteiger partial charge in [-0.25, -0.2) is 0 Å². The normalized spacial score (nSPS) is 32.8. The number of phenolic OH excluding ortho intramolecular Hbond substituents is 1. The van der Waals surface area contributed by atoms with E-state index in [0.29, 0.717) is 12.4 Å². The standard InChI is InChI=1S/C19H18O6/c20-13-4-1-11(2-5-13)18-19(21)9-23-17(14(19)8-22-18)12-3-6-15-16(7-12)25-10-24-15/h1-7,14,17-18,20-21H,8-10H2/t14-,17-,18-,19-/m0/s1. The lowest BCUT2D eigenvalue weighted by Crippen LogP contribution is -2.39. The molecule has 4 atom stereocenters. The Morgan fingerprint density at radius 2 is 1.68 bits per heavy atom. The van der Waals surface area contributed by atoms with Gasteiger partial charge in [0.05, 0.1) is 19.3 Å². The molecule has 6 nitrogen and oxygen atoms in total. The molecule has 0 aromatic heterocycles. The number of aliphatic hydroxyl groups is 1. The van der Waals surface area contributed by atoms with Gasteiger partial charge in [-0.05, 0) is 35.4 Å². The van der Waals surface area contributed by atoms with Gasteiger partial charge in [0.15, 0.2) is 11.5 Å². The van der Waals surface area contributed by atoms with E-state index in [4.69, 9.17) is 18.9 Å². The fourth-order valence-corrected chi connectivity index (χ4v) is 4.01. The fourth-order valence-electron chi connectivity index (χ4n) is 4.01. The Hall–Kier alpha value is -2.28. The van der Waals surface area contributed by atoms with E-state index in [0.717, 1.165) is 16.9 Å². The van der Waals surface area contributed by atoms with Crippen LogP contribution in [-0.2, 0) is 9.47 Å². The van der Waals surface area contributed by atoms with Crippen LogP contribution in [-0.4, -0.2) is 35.8 Å². The van der Waals surface area contributed by atoms with Crippen LogP contribution >= 0.6 is 0 Å². The van der Waals surface area contributed by atoms with Crippen LogP contribution < -0.4 is 9.47 Å². The third kappa shape index (κ3) is 2.22. The highest BCUT2D eigenvalue weighted by atomic mass is 16.7. The maximum absolute atomic E-state index is 11.3. The van der Waals surface area contributed by atoms with E-state index in [9.17, 15) is 10.2 Å². The van der Waals surface area contributed by atoms with E-state index in [1.807, 2.05) is 18.2 Å². The number of aromatic hydroxyl groups is 1. The van der Waals surface area contributed by atoms with Crippen molar-refractivity contribution in [3.8, 4) is 17.2 Å². The van der Waals surface area contributed by atoms with Crippen molar-refractivity contribution in [3.05, 3.63) is 53.6 Å². The molecule has 3 aliphatic rings. The first-order chi connectivity index (χ1) is 12.1. The minimum atomic E-state index is -1.10. The Morgan fingerprint density at radius 3 is 2.52 bits per heavy atom. The predicted molar refractivity (Wildman–Crippen MR) is 86.5 cm³/mol. The van der Waals surface area contributed by atoms with E-state index in [2.05, 4.69) is 0 Å². The van der Waals surface area contributed by atoms with Gasteiger partial charge in [-0.1, -0.05) is 18.2 Å². The van der Waals surface area contributed by atoms with E-state index >= 15 is 0 Å². The summed E-state index contributed by atoms with van der Waals surface area (Å²) in [4.78, 5) is 0. The van der Waals surface area contributed by atoms with Crippen LogP contribution in [0.5, 0.6) is 17.2 Å². The molecular weight excluding hydrogens is 324 g/mol. The van der Waals surface area contributed by atoms with E-state index in [1.165, 1.54) is 0 Å². The highest BCUT2D eigenvalue weighted by molar-refractivity contribution is 5.45. The van der Waals surface area contributed by atoms with Crippen molar-refractivity contribution in [1.29, 1.82) is 0 Å². The Morgan fingerprint density at radius 1 is 0.920 bits per heavy atom. The first-order valence-electron chi connectivity index (χ1n) is 8.29. The van der Waals surface area contributed by atoms with E-state index in [-0.39, 0.29) is 31.2 Å². The molecule has 0 spiro atoms. The molecule has 0 unspecified atom stereocenters. The lowest BCUT2D eigenvalue weighted by molar-refractivity contribution is -0.0628. The molecular formula is C19H18O6. The average Bonchev–Trinajstić information content (AvgIpc) is 3.28. The predicted octanol–water partition coefficient (Wildman–Crippen LogP) is 2.31. The molecule has 3 aliphatic heterocycles. The van der Waals surface area contributed by atoms with Gasteiger partial charge >= 0.3 is 0 Å². The van der Waals surface area contributed by atoms with Crippen LogP contribution in [0.25, 0.3) is 0 Å². The second-order valence-corrected chi connectivity index (χ2v) is 6.75. The minimum Gasteiger partial charge on any atom is -0.508 e. The van der Waals surface area contributed by atoms with Gasteiger partial charge in [0.1, 0.15) is 17.5 Å². The molecule has 2 aromatic carbocycles. The largest absolute Gasteiger partial charge is 0.508 e. The molecule has 0 aliphatic carbocycles. The summed E-state index contributed by atoms with van der Waals surface area (Å²) in [5.41, 5.74) is 0.677. The second-order valence-electron chi connectivity index (χ2n) is 6.75. The molecule has 25 heavy (non-hydrogen) atoms. The summed E-state index contributed by atoms with van der Waals surface area (Å²) in [5, 5.41) is 20.7. The molecule has 2 saturated heterocycles. The monoisotopic (exact) mass is 342 g/mol. The molecule has 0 bridgehead atoms. The van der Waals surface area contributed by atoms with Crippen molar-refractivity contribution >= 4 is 0 Å². The van der Waals surface area contributed by atoms with Crippen molar-refractivity contribution in [2.24, 2.45) is 5.92 Å². The van der Waals surface area contributed by atoms with Crippen LogP contribution in [0.15, 0.2) is 42.5 Å². The smallest absolute Gasteiger partial charge is 0.231 e. The van der Waals surface area contributed by atoms with Gasteiger partial charge in [-0.3, -0.25) is 0 Å². The average molecular weight is 342 g/mol. The Kier molecular flexibility index (Phi) is 3.22. The topological polar surface area (TPSA) is 77.4 Å². The Bertz CT molecular complexity index is 804. The van der Waals surface area contributed by atoms with Gasteiger partial charge < -0.3 is 29.2 Å². The third-order valence-corrected chi connectivity index (χ3v) is 5.32. The highest BCUT2D eigenvalue weighted by Crippen LogP contribution is 2.53. The summed E-state index contributed by atoms with van der Waals surface area (Å²) < 4.78 is 22.7. The van der Waals surface area contributed by atoms with Gasteiger partial charge in [0.2, 0.25) is 6.79 Å². The molecule has 130 valence electrons. The van der Waals surface area contributed by atoms with Crippen LogP contribution in [0.4, 0.5) is 0 Å². The molecule has 5 rings (SSSR count). The summed E-state index contributed by atoms with van der Waals surface area (Å²) >= 11 is 0. The first kappa shape index (κ1) is 15.0. The zero-order valence-electron chi connectivity index (χ0n) is 13.4. The van der Waals surface area contributed by atoms with E-state index < -0.39 is 11.7 Å². The van der Waals surface area contributed by atoms with Crippen LogP contribution in [0.3, 0.4) is 0 Å². The maximum Gasteiger partial charge on any atom is 0.231 e. The minimum absolute atomic E-state index is 0.174. The van der Waals surface area contributed by atoms with Gasteiger partial charge in [0, 0.05) is 5.92 Å². The quantitative estimate of drug-likeness (QED) is 0.872. The number of hydrogen-bond donors (Lipinski definition) is 2. The number of ether oxygens (including phenoxy) is 4. The van der Waals surface area contributed by atoms with Gasteiger partial charge in [0.25, 0.3) is 0 Å². The molecule has 6 heteroatoms. The molecule has 3 heterocycles. The molecule has 2 N–H and O–H groups in total. The summed E-state index contributed by atoms with van der Waals surface area (Å²) in [6.45, 7) is 0.827. The zero-order chi connectivity index (χ0) is 17.0. The zero-order valence-corrected chi connectivity index (χ0v) is 13.4. The van der Waals surface area contributed by atoms with Gasteiger partial charge in [-0.2, -0.15) is 0 Å². The van der Waals surface area contributed by atoms with Crippen LogP contribution in [0.2, 0.25) is 0 Å². The first-order valence-corrected chi connectivity index (χ1v) is 8.29. The molecule has 0 amide bonds. The number of benzene rings is 2. The summed E-state index contributed by atoms with van der Waals surface area (Å²) in [5.74, 6) is 1.44. The number of rotatable bonds is 2. The molecule has 2 fully saturated rings. The lowest BCUT2D eigenvalue weighted by Gasteiger charge is -2.27. The highest BCUT2D eigenvalue weighted by Gasteiger charge is 2.59. The summed E-state index contributed by atoms with van der Waals surface area (Å²) in [6, 6.07) is 12.5. The number of fused-ring (bicyclic) bond motifs is 2. The Labute approximate surface area is 144 Å². The van der Waals surface area contributed by atoms with Crippen molar-refractivity contribution < 1.29 is 29.2 Å². The maximum atomic E-state index is 11.3. The molecule has 0 radical (unpaired) electrons. The third-order valence-electron chi connectivity index (χ3n) is 5.32. The Balaban J connectivity index is 1.45. The van der Waals surface area contributed by atoms with Crippen LogP contribution in [0.1, 0.15) is 23.3 Å². The molecule has 2 aromatic rings. The van der Waals surface area contributed by atoms with Gasteiger partial charge in [-0.15, -0.1) is 0 Å². The summed E-state index contributed by atoms with van der Waals surface area (Å²) in [7, 11) is 0. The SMILES string of the molecule is Oc1ccc([C@@H]2OC[C@H]3[C@H](c4ccc5c(c4)OCO5)OC[C@@]23O)cc1. The van der Waals surface area contributed by atoms with Crippen LogP contribution in [0, 0.1) is 5.92 Å². The van der Waals surface area contributed by atoms with Crippen molar-refractivity contribution in [2.75, 3.05) is 20.0 Å². The number of hydrogen-bond acceptors (Lipinski definition) is 6. The fraction of sp³-hybridized carbons (Fsp3) is 0.368. The van der Waals surface area contributed by atoms with Crippen molar-refractivity contribution in [1.82, 2.24) is 0 Å². The second kappa shape index (κ2) is 5.36. The van der Waals surface area contributed by atoms with Crippen molar-refractivity contribution in [3.63, 3.8) is 0 Å².